The molecule has 0 radical (unpaired) electrons. The summed E-state index contributed by atoms with van der Waals surface area (Å²) in [7, 11) is 0. The molecule has 1 N–H and O–H groups in total. The number of carbonyl (C=O) groups is 2. The van der Waals surface area contributed by atoms with Gasteiger partial charge in [-0.3, -0.25) is 14.9 Å². The summed E-state index contributed by atoms with van der Waals surface area (Å²) in [6.07, 6.45) is 0.127. The van der Waals surface area contributed by atoms with Gasteiger partial charge in [-0.2, -0.15) is 4.37 Å². The number of aromatic nitrogens is 2. The molecule has 1 aromatic carbocycles. The van der Waals surface area contributed by atoms with Crippen molar-refractivity contribution in [1.29, 1.82) is 0 Å². The number of hydrogen-bond acceptors (Lipinski definition) is 6. The molecule has 0 saturated carbocycles. The maximum atomic E-state index is 12.3. The van der Waals surface area contributed by atoms with Crippen molar-refractivity contribution in [2.45, 2.75) is 13.3 Å². The zero-order valence-corrected chi connectivity index (χ0v) is 15.2. The lowest BCUT2D eigenvalue weighted by molar-refractivity contribution is -0.116. The van der Waals surface area contributed by atoms with Gasteiger partial charge in [0.05, 0.1) is 22.0 Å². The highest BCUT2D eigenvalue weighted by atomic mass is 35.5. The zero-order chi connectivity index (χ0) is 18.0. The van der Waals surface area contributed by atoms with Crippen LogP contribution in [0, 0.1) is 0 Å². The minimum Gasteiger partial charge on any atom is -0.451 e. The van der Waals surface area contributed by atoms with Crippen LogP contribution < -0.4 is 5.32 Å². The molecule has 128 valence electrons. The fourth-order valence-corrected chi connectivity index (χ4v) is 3.25. The lowest BCUT2D eigenvalue weighted by atomic mass is 10.2. The Kier molecular flexibility index (Phi) is 5.17. The van der Waals surface area contributed by atoms with Crippen molar-refractivity contribution in [2.75, 3.05) is 5.32 Å². The van der Waals surface area contributed by atoms with Gasteiger partial charge in [0, 0.05) is 11.5 Å². The maximum absolute atomic E-state index is 12.3. The first-order chi connectivity index (χ1) is 11.9. The van der Waals surface area contributed by atoms with E-state index < -0.39 is 5.91 Å². The Labute approximate surface area is 156 Å². The molecule has 0 aliphatic rings. The third-order valence-corrected chi connectivity index (χ3v) is 4.43. The standard InChI is InChI=1S/C16H11Cl2N3O3S/c1-8(22)7-13-19-16(25-21-13)20-15(23)12-6-5-11(24-12)14-9(17)3-2-4-10(14)18/h2-6H,7H2,1H3,(H,19,20,21,23). The topological polar surface area (TPSA) is 85.1 Å². The second kappa shape index (κ2) is 7.35. The van der Waals surface area contributed by atoms with Crippen LogP contribution in [-0.4, -0.2) is 21.0 Å². The first-order valence-electron chi connectivity index (χ1n) is 7.11. The van der Waals surface area contributed by atoms with E-state index in [1.54, 1.807) is 24.3 Å². The second-order valence-corrected chi connectivity index (χ2v) is 6.68. The average Bonchev–Trinajstić information content (AvgIpc) is 3.16. The summed E-state index contributed by atoms with van der Waals surface area (Å²) in [5, 5.41) is 3.71. The van der Waals surface area contributed by atoms with E-state index in [2.05, 4.69) is 14.7 Å². The van der Waals surface area contributed by atoms with Crippen LogP contribution in [0.3, 0.4) is 0 Å². The van der Waals surface area contributed by atoms with Crippen molar-refractivity contribution < 1.29 is 14.0 Å². The van der Waals surface area contributed by atoms with Gasteiger partial charge in [-0.25, -0.2) is 4.98 Å². The van der Waals surface area contributed by atoms with Gasteiger partial charge >= 0.3 is 0 Å². The van der Waals surface area contributed by atoms with Gasteiger partial charge in [0.25, 0.3) is 5.91 Å². The van der Waals surface area contributed by atoms with E-state index in [1.807, 2.05) is 0 Å². The highest BCUT2D eigenvalue weighted by Crippen LogP contribution is 2.35. The molecule has 9 heteroatoms. The van der Waals surface area contributed by atoms with E-state index in [-0.39, 0.29) is 23.1 Å². The molecule has 0 atom stereocenters. The summed E-state index contributed by atoms with van der Waals surface area (Å²) < 4.78 is 9.57. The number of carbonyl (C=O) groups excluding carboxylic acids is 2. The van der Waals surface area contributed by atoms with E-state index in [0.717, 1.165) is 11.5 Å². The molecule has 2 heterocycles. The molecular weight excluding hydrogens is 385 g/mol. The molecule has 3 rings (SSSR count). The molecule has 0 aliphatic carbocycles. The normalized spacial score (nSPS) is 10.7. The van der Waals surface area contributed by atoms with Gasteiger partial charge in [-0.15, -0.1) is 0 Å². The highest BCUT2D eigenvalue weighted by molar-refractivity contribution is 7.09. The summed E-state index contributed by atoms with van der Waals surface area (Å²) in [6, 6.07) is 8.22. The number of nitrogens with one attached hydrogen (secondary N) is 1. The van der Waals surface area contributed by atoms with Crippen molar-refractivity contribution in [3.63, 3.8) is 0 Å². The Balaban J connectivity index is 1.77. The number of furan rings is 1. The molecule has 0 fully saturated rings. The number of amides is 1. The van der Waals surface area contributed by atoms with Crippen LogP contribution in [0.15, 0.2) is 34.7 Å². The Morgan fingerprint density at radius 2 is 1.92 bits per heavy atom. The molecule has 3 aromatic rings. The van der Waals surface area contributed by atoms with Crippen LogP contribution in [0.2, 0.25) is 10.0 Å². The molecule has 0 unspecified atom stereocenters. The van der Waals surface area contributed by atoms with Gasteiger partial charge in [-0.05, 0) is 31.2 Å². The Bertz CT molecular complexity index is 932. The van der Waals surface area contributed by atoms with Gasteiger partial charge in [0.2, 0.25) is 5.13 Å². The molecule has 0 bridgehead atoms. The number of benzene rings is 1. The van der Waals surface area contributed by atoms with Crippen LogP contribution in [0.1, 0.15) is 23.3 Å². The van der Waals surface area contributed by atoms with E-state index in [4.69, 9.17) is 27.6 Å². The molecule has 2 aromatic heterocycles. The van der Waals surface area contributed by atoms with Crippen molar-refractivity contribution in [3.8, 4) is 11.3 Å². The van der Waals surface area contributed by atoms with E-state index in [1.165, 1.54) is 13.0 Å². The van der Waals surface area contributed by atoms with Gasteiger partial charge in [0.15, 0.2) is 11.6 Å². The van der Waals surface area contributed by atoms with Crippen LogP contribution >= 0.6 is 34.7 Å². The van der Waals surface area contributed by atoms with Crippen molar-refractivity contribution >= 4 is 51.6 Å². The third kappa shape index (κ3) is 4.07. The molecule has 1 amide bonds. The monoisotopic (exact) mass is 395 g/mol. The van der Waals surface area contributed by atoms with E-state index >= 15 is 0 Å². The summed E-state index contributed by atoms with van der Waals surface area (Å²) in [5.41, 5.74) is 0.518. The van der Waals surface area contributed by atoms with Crippen LogP contribution in [0.25, 0.3) is 11.3 Å². The van der Waals surface area contributed by atoms with Crippen molar-refractivity contribution in [1.82, 2.24) is 9.36 Å². The van der Waals surface area contributed by atoms with Crippen molar-refractivity contribution in [2.24, 2.45) is 0 Å². The number of rotatable bonds is 5. The third-order valence-electron chi connectivity index (χ3n) is 3.13. The SMILES string of the molecule is CC(=O)Cc1nsc(NC(=O)c2ccc(-c3c(Cl)cccc3Cl)o2)n1. The van der Waals surface area contributed by atoms with Crippen LogP contribution in [0.4, 0.5) is 5.13 Å². The smallest absolute Gasteiger partial charge is 0.293 e. The summed E-state index contributed by atoms with van der Waals surface area (Å²) in [4.78, 5) is 27.4. The largest absolute Gasteiger partial charge is 0.451 e. The number of Topliss-reactive ketones (excluding diaryl/α,β-unsaturated/α-hetero) is 1. The minimum absolute atomic E-state index is 0.0528. The Morgan fingerprint density at radius 3 is 2.60 bits per heavy atom. The van der Waals surface area contributed by atoms with E-state index in [0.29, 0.717) is 27.2 Å². The Morgan fingerprint density at radius 1 is 1.20 bits per heavy atom. The number of ketones is 1. The average molecular weight is 396 g/mol. The molecule has 0 aliphatic heterocycles. The van der Waals surface area contributed by atoms with Gasteiger partial charge in [0.1, 0.15) is 11.5 Å². The summed E-state index contributed by atoms with van der Waals surface area (Å²) in [5.74, 6) is 0.295. The lowest BCUT2D eigenvalue weighted by Crippen LogP contribution is -2.10. The number of hydrogen-bond donors (Lipinski definition) is 1. The number of halogens is 2. The maximum Gasteiger partial charge on any atom is 0.293 e. The summed E-state index contributed by atoms with van der Waals surface area (Å²) >= 11 is 13.3. The fraction of sp³-hybridized carbons (Fsp3) is 0.125. The van der Waals surface area contributed by atoms with Gasteiger partial charge in [-0.1, -0.05) is 29.3 Å². The zero-order valence-electron chi connectivity index (χ0n) is 12.9. The fourth-order valence-electron chi connectivity index (χ4n) is 2.09. The van der Waals surface area contributed by atoms with Gasteiger partial charge < -0.3 is 4.42 Å². The minimum atomic E-state index is -0.486. The van der Waals surface area contributed by atoms with E-state index in [9.17, 15) is 9.59 Å². The number of anilines is 1. The molecule has 0 spiro atoms. The quantitative estimate of drug-likeness (QED) is 0.687. The molecule has 0 saturated heterocycles. The second-order valence-electron chi connectivity index (χ2n) is 5.11. The Hall–Kier alpha value is -2.22. The van der Waals surface area contributed by atoms with Crippen molar-refractivity contribution in [3.05, 3.63) is 52.0 Å². The molecule has 6 nitrogen and oxygen atoms in total. The van der Waals surface area contributed by atoms with Crippen LogP contribution in [0.5, 0.6) is 0 Å². The highest BCUT2D eigenvalue weighted by Gasteiger charge is 2.17. The van der Waals surface area contributed by atoms with Crippen LogP contribution in [-0.2, 0) is 11.2 Å². The first-order valence-corrected chi connectivity index (χ1v) is 8.64. The lowest BCUT2D eigenvalue weighted by Gasteiger charge is -2.03. The number of nitrogens with zero attached hydrogens (tertiary/aromatic N) is 2. The first kappa shape index (κ1) is 17.6. The predicted molar refractivity (Wildman–Crippen MR) is 96.4 cm³/mol. The molecular formula is C16H11Cl2N3O3S. The predicted octanol–water partition coefficient (Wildman–Crippen LogP) is 4.49. The molecule has 25 heavy (non-hydrogen) atoms. The summed E-state index contributed by atoms with van der Waals surface area (Å²) in [6.45, 7) is 1.45.